The quantitative estimate of drug-likeness (QED) is 0.846. The summed E-state index contributed by atoms with van der Waals surface area (Å²) < 4.78 is 5.92. The van der Waals surface area contributed by atoms with Gasteiger partial charge in [0.05, 0.1) is 6.26 Å². The van der Waals surface area contributed by atoms with Gasteiger partial charge >= 0.3 is 0 Å². The van der Waals surface area contributed by atoms with E-state index < -0.39 is 0 Å². The first kappa shape index (κ1) is 11.4. The van der Waals surface area contributed by atoms with Crippen LogP contribution in [0.4, 0.5) is 0 Å². The SMILES string of the molecule is C=CC1=CC(=O)CC1(C)Cc1coc(Br)c1. The number of carbonyl (C=O) groups excluding carboxylic acids is 1. The molecule has 84 valence electrons. The molecule has 1 heterocycles. The van der Waals surface area contributed by atoms with Crippen LogP contribution in [0.25, 0.3) is 0 Å². The molecule has 0 fully saturated rings. The molecular formula is C13H13BrO2. The van der Waals surface area contributed by atoms with Gasteiger partial charge in [-0.25, -0.2) is 0 Å². The lowest BCUT2D eigenvalue weighted by Gasteiger charge is -2.24. The summed E-state index contributed by atoms with van der Waals surface area (Å²) in [6.45, 7) is 5.86. The van der Waals surface area contributed by atoms with Gasteiger partial charge in [0.2, 0.25) is 0 Å². The molecule has 16 heavy (non-hydrogen) atoms. The van der Waals surface area contributed by atoms with Crippen LogP contribution in [0.3, 0.4) is 0 Å². The summed E-state index contributed by atoms with van der Waals surface area (Å²) in [6, 6.07) is 1.94. The van der Waals surface area contributed by atoms with Gasteiger partial charge in [-0.1, -0.05) is 19.6 Å². The van der Waals surface area contributed by atoms with Crippen molar-refractivity contribution in [2.75, 3.05) is 0 Å². The van der Waals surface area contributed by atoms with Gasteiger partial charge in [-0.2, -0.15) is 0 Å². The fraction of sp³-hybridized carbons (Fsp3) is 0.308. The summed E-state index contributed by atoms with van der Waals surface area (Å²) in [4.78, 5) is 11.5. The van der Waals surface area contributed by atoms with E-state index in [1.807, 2.05) is 6.07 Å². The summed E-state index contributed by atoms with van der Waals surface area (Å²) in [7, 11) is 0. The van der Waals surface area contributed by atoms with Crippen LogP contribution in [-0.2, 0) is 11.2 Å². The number of hydrogen-bond donors (Lipinski definition) is 0. The molecule has 0 saturated heterocycles. The second-order valence-electron chi connectivity index (χ2n) is 4.44. The molecule has 2 nitrogen and oxygen atoms in total. The van der Waals surface area contributed by atoms with Gasteiger partial charge in [0.15, 0.2) is 10.5 Å². The van der Waals surface area contributed by atoms with Crippen LogP contribution in [0.2, 0.25) is 0 Å². The number of halogens is 1. The average Bonchev–Trinajstić information content (AvgIpc) is 2.70. The minimum absolute atomic E-state index is 0.137. The molecule has 0 radical (unpaired) electrons. The molecule has 0 N–H and O–H groups in total. The van der Waals surface area contributed by atoms with E-state index in [0.29, 0.717) is 6.42 Å². The Bertz CT molecular complexity index is 470. The first-order chi connectivity index (χ1) is 7.53. The van der Waals surface area contributed by atoms with Crippen molar-refractivity contribution >= 4 is 21.7 Å². The van der Waals surface area contributed by atoms with Gasteiger partial charge in [-0.3, -0.25) is 4.79 Å². The highest BCUT2D eigenvalue weighted by Gasteiger charge is 2.35. The summed E-state index contributed by atoms with van der Waals surface area (Å²) >= 11 is 3.27. The van der Waals surface area contributed by atoms with Crippen molar-refractivity contribution in [2.24, 2.45) is 5.41 Å². The van der Waals surface area contributed by atoms with E-state index >= 15 is 0 Å². The molecule has 0 aliphatic heterocycles. The number of carbonyl (C=O) groups is 1. The molecule has 2 rings (SSSR count). The largest absolute Gasteiger partial charge is 0.457 e. The Labute approximate surface area is 103 Å². The minimum atomic E-state index is -0.137. The number of rotatable bonds is 3. The van der Waals surface area contributed by atoms with Crippen LogP contribution >= 0.6 is 15.9 Å². The van der Waals surface area contributed by atoms with E-state index in [1.54, 1.807) is 18.4 Å². The minimum Gasteiger partial charge on any atom is -0.457 e. The lowest BCUT2D eigenvalue weighted by molar-refractivity contribution is -0.115. The van der Waals surface area contributed by atoms with Crippen molar-refractivity contribution in [1.29, 1.82) is 0 Å². The van der Waals surface area contributed by atoms with Crippen LogP contribution in [0.1, 0.15) is 18.9 Å². The Morgan fingerprint density at radius 1 is 1.69 bits per heavy atom. The molecule has 1 aromatic heterocycles. The standard InChI is InChI=1S/C13H13BrO2/c1-3-10-5-11(15)7-13(10,2)6-9-4-12(14)16-8-9/h3-5,8H,1,6-7H2,2H3. The molecule has 0 amide bonds. The second kappa shape index (κ2) is 4.06. The molecule has 0 spiro atoms. The lowest BCUT2D eigenvalue weighted by Crippen LogP contribution is -2.19. The number of allylic oxidation sites excluding steroid dienone is 3. The fourth-order valence-electron chi connectivity index (χ4n) is 2.24. The molecule has 0 saturated carbocycles. The lowest BCUT2D eigenvalue weighted by atomic mass is 9.78. The zero-order valence-electron chi connectivity index (χ0n) is 9.13. The zero-order valence-corrected chi connectivity index (χ0v) is 10.7. The van der Waals surface area contributed by atoms with Crippen molar-refractivity contribution in [2.45, 2.75) is 19.8 Å². The van der Waals surface area contributed by atoms with Gasteiger partial charge < -0.3 is 4.42 Å². The van der Waals surface area contributed by atoms with Crippen molar-refractivity contribution in [3.8, 4) is 0 Å². The maximum atomic E-state index is 11.5. The smallest absolute Gasteiger partial charge is 0.169 e. The van der Waals surface area contributed by atoms with E-state index in [0.717, 1.165) is 22.2 Å². The number of furan rings is 1. The number of ketones is 1. The van der Waals surface area contributed by atoms with Crippen LogP contribution in [0, 0.1) is 5.41 Å². The first-order valence-corrected chi connectivity index (χ1v) is 5.93. The summed E-state index contributed by atoms with van der Waals surface area (Å²) in [6.07, 6.45) is 6.55. The van der Waals surface area contributed by atoms with Crippen LogP contribution in [0.15, 0.2) is 45.7 Å². The maximum absolute atomic E-state index is 11.5. The molecule has 1 aromatic rings. The monoisotopic (exact) mass is 280 g/mol. The molecule has 1 atom stereocenters. The Morgan fingerprint density at radius 3 is 3.00 bits per heavy atom. The third-order valence-electron chi connectivity index (χ3n) is 3.01. The van der Waals surface area contributed by atoms with E-state index in [-0.39, 0.29) is 11.2 Å². The van der Waals surface area contributed by atoms with Crippen molar-refractivity contribution in [3.63, 3.8) is 0 Å². The van der Waals surface area contributed by atoms with Crippen LogP contribution in [0.5, 0.6) is 0 Å². The number of hydrogen-bond acceptors (Lipinski definition) is 2. The van der Waals surface area contributed by atoms with Gasteiger partial charge in [0.25, 0.3) is 0 Å². The third kappa shape index (κ3) is 2.05. The summed E-state index contributed by atoms with van der Waals surface area (Å²) in [5, 5.41) is 0. The van der Waals surface area contributed by atoms with Gasteiger partial charge in [-0.15, -0.1) is 0 Å². The second-order valence-corrected chi connectivity index (χ2v) is 5.22. The average molecular weight is 281 g/mol. The Morgan fingerprint density at radius 2 is 2.44 bits per heavy atom. The predicted octanol–water partition coefficient (Wildman–Crippen LogP) is 3.68. The van der Waals surface area contributed by atoms with E-state index in [1.165, 1.54) is 0 Å². The summed E-state index contributed by atoms with van der Waals surface area (Å²) in [5.74, 6) is 0.181. The first-order valence-electron chi connectivity index (χ1n) is 5.14. The molecule has 1 aliphatic rings. The Balaban J connectivity index is 2.24. The Hall–Kier alpha value is -1.09. The maximum Gasteiger partial charge on any atom is 0.169 e. The van der Waals surface area contributed by atoms with E-state index in [9.17, 15) is 4.79 Å². The summed E-state index contributed by atoms with van der Waals surface area (Å²) in [5.41, 5.74) is 1.98. The van der Waals surface area contributed by atoms with Gasteiger partial charge in [0.1, 0.15) is 0 Å². The van der Waals surface area contributed by atoms with Gasteiger partial charge in [0, 0.05) is 11.8 Å². The topological polar surface area (TPSA) is 30.2 Å². The highest BCUT2D eigenvalue weighted by Crippen LogP contribution is 2.40. The highest BCUT2D eigenvalue weighted by molar-refractivity contribution is 9.10. The van der Waals surface area contributed by atoms with Crippen molar-refractivity contribution in [3.05, 3.63) is 46.9 Å². The molecule has 0 aromatic carbocycles. The van der Waals surface area contributed by atoms with E-state index in [4.69, 9.17) is 4.42 Å². The highest BCUT2D eigenvalue weighted by atomic mass is 79.9. The molecular weight excluding hydrogens is 268 g/mol. The Kier molecular flexibility index (Phi) is 2.89. The third-order valence-corrected chi connectivity index (χ3v) is 3.43. The molecule has 1 unspecified atom stereocenters. The molecule has 1 aliphatic carbocycles. The molecule has 0 bridgehead atoms. The molecule has 3 heteroatoms. The van der Waals surface area contributed by atoms with Crippen LogP contribution in [-0.4, -0.2) is 5.78 Å². The predicted molar refractivity (Wildman–Crippen MR) is 66.1 cm³/mol. The fourth-order valence-corrected chi connectivity index (χ4v) is 2.63. The van der Waals surface area contributed by atoms with Crippen molar-refractivity contribution < 1.29 is 9.21 Å². The normalized spacial score (nSPS) is 24.6. The van der Waals surface area contributed by atoms with E-state index in [2.05, 4.69) is 29.4 Å². The van der Waals surface area contributed by atoms with Crippen LogP contribution < -0.4 is 0 Å². The zero-order chi connectivity index (χ0) is 11.8. The van der Waals surface area contributed by atoms with Gasteiger partial charge in [-0.05, 0) is 45.6 Å². The van der Waals surface area contributed by atoms with Crippen molar-refractivity contribution in [1.82, 2.24) is 0 Å².